The van der Waals surface area contributed by atoms with E-state index in [1.165, 1.54) is 0 Å². The molecular weight excluding hydrogens is 248 g/mol. The molecule has 4 nitrogen and oxygen atoms in total. The molecule has 0 atom stereocenters. The number of rotatable bonds is 5. The van der Waals surface area contributed by atoms with E-state index in [0.29, 0.717) is 36.1 Å². The Balaban J connectivity index is 2.88. The first-order valence-corrected chi connectivity index (χ1v) is 5.61. The first-order valence-electron chi connectivity index (χ1n) is 4.49. The summed E-state index contributed by atoms with van der Waals surface area (Å²) in [5.41, 5.74) is 0. The highest BCUT2D eigenvalue weighted by Crippen LogP contribution is 2.16. The van der Waals surface area contributed by atoms with Crippen molar-refractivity contribution in [2.24, 2.45) is 0 Å². The number of hydrogen-bond donors (Lipinski definition) is 0. The van der Waals surface area contributed by atoms with Crippen LogP contribution in [0.15, 0.2) is 6.07 Å². The summed E-state index contributed by atoms with van der Waals surface area (Å²) in [4.78, 5) is 8.33. The third-order valence-electron chi connectivity index (χ3n) is 1.43. The Morgan fingerprint density at radius 1 is 1.14 bits per heavy atom. The smallest absolute Gasteiger partial charge is 0.220 e. The molecule has 0 unspecified atom stereocenters. The van der Waals surface area contributed by atoms with Gasteiger partial charge in [-0.2, -0.15) is 9.97 Å². The van der Waals surface area contributed by atoms with Gasteiger partial charge in [0.1, 0.15) is 5.82 Å². The Kier molecular flexibility index (Phi) is 4.65. The Morgan fingerprint density at radius 3 is 2.00 bits per heavy atom. The van der Waals surface area contributed by atoms with Gasteiger partial charge < -0.3 is 9.47 Å². The van der Waals surface area contributed by atoms with E-state index in [-0.39, 0.29) is 0 Å². The van der Waals surface area contributed by atoms with Gasteiger partial charge in [-0.15, -0.1) is 0 Å². The molecule has 0 amide bonds. The fourth-order valence-electron chi connectivity index (χ4n) is 0.953. The van der Waals surface area contributed by atoms with Crippen LogP contribution in [-0.2, 0) is 5.33 Å². The monoisotopic (exact) mass is 260 g/mol. The molecule has 0 bridgehead atoms. The van der Waals surface area contributed by atoms with Crippen molar-refractivity contribution in [3.63, 3.8) is 0 Å². The standard InChI is InChI=1S/C9H13BrN2O2/c1-3-13-8-5-9(14-4-2)12-7(6-10)11-8/h5H,3-4,6H2,1-2H3. The zero-order chi connectivity index (χ0) is 10.4. The molecule has 0 aromatic carbocycles. The first-order chi connectivity index (χ1) is 6.80. The Morgan fingerprint density at radius 2 is 1.64 bits per heavy atom. The van der Waals surface area contributed by atoms with Crippen molar-refractivity contribution in [1.29, 1.82) is 0 Å². The predicted molar refractivity (Wildman–Crippen MR) is 57.0 cm³/mol. The van der Waals surface area contributed by atoms with E-state index >= 15 is 0 Å². The average molecular weight is 261 g/mol. The maximum absolute atomic E-state index is 5.28. The molecule has 0 aliphatic heterocycles. The van der Waals surface area contributed by atoms with Crippen molar-refractivity contribution in [3.05, 3.63) is 11.9 Å². The lowest BCUT2D eigenvalue weighted by atomic mass is 10.5. The number of halogens is 1. The van der Waals surface area contributed by atoms with E-state index in [0.717, 1.165) is 0 Å². The van der Waals surface area contributed by atoms with Crippen molar-refractivity contribution in [2.45, 2.75) is 19.2 Å². The van der Waals surface area contributed by atoms with Crippen LogP contribution in [0.1, 0.15) is 19.7 Å². The summed E-state index contributed by atoms with van der Waals surface area (Å²) >= 11 is 3.29. The maximum Gasteiger partial charge on any atom is 0.220 e. The Hall–Kier alpha value is -0.840. The topological polar surface area (TPSA) is 44.2 Å². The summed E-state index contributed by atoms with van der Waals surface area (Å²) in [6.07, 6.45) is 0. The van der Waals surface area contributed by atoms with E-state index in [9.17, 15) is 0 Å². The molecule has 0 spiro atoms. The summed E-state index contributed by atoms with van der Waals surface area (Å²) in [6, 6.07) is 1.69. The molecular formula is C9H13BrN2O2. The summed E-state index contributed by atoms with van der Waals surface area (Å²) in [7, 11) is 0. The van der Waals surface area contributed by atoms with E-state index in [2.05, 4.69) is 25.9 Å². The average Bonchev–Trinajstić information content (AvgIpc) is 2.18. The molecule has 0 aliphatic carbocycles. The van der Waals surface area contributed by atoms with Crippen molar-refractivity contribution in [2.75, 3.05) is 13.2 Å². The highest BCUT2D eigenvalue weighted by atomic mass is 79.9. The van der Waals surface area contributed by atoms with Gasteiger partial charge in [0, 0.05) is 0 Å². The minimum Gasteiger partial charge on any atom is -0.478 e. The molecule has 5 heteroatoms. The highest BCUT2D eigenvalue weighted by molar-refractivity contribution is 9.08. The third-order valence-corrected chi connectivity index (χ3v) is 1.93. The van der Waals surface area contributed by atoms with Crippen LogP contribution in [0.4, 0.5) is 0 Å². The first kappa shape index (κ1) is 11.2. The van der Waals surface area contributed by atoms with Crippen molar-refractivity contribution in [3.8, 4) is 11.8 Å². The van der Waals surface area contributed by atoms with Gasteiger partial charge in [0.05, 0.1) is 24.6 Å². The fraction of sp³-hybridized carbons (Fsp3) is 0.556. The van der Waals surface area contributed by atoms with E-state index in [1.807, 2.05) is 13.8 Å². The van der Waals surface area contributed by atoms with E-state index in [1.54, 1.807) is 6.07 Å². The molecule has 0 N–H and O–H groups in total. The second-order valence-electron chi connectivity index (χ2n) is 2.46. The Bertz CT molecular complexity index is 270. The number of hydrogen-bond acceptors (Lipinski definition) is 4. The largest absolute Gasteiger partial charge is 0.478 e. The molecule has 0 fully saturated rings. The zero-order valence-electron chi connectivity index (χ0n) is 8.29. The molecule has 14 heavy (non-hydrogen) atoms. The van der Waals surface area contributed by atoms with E-state index in [4.69, 9.17) is 9.47 Å². The van der Waals surface area contributed by atoms with Crippen molar-refractivity contribution < 1.29 is 9.47 Å². The van der Waals surface area contributed by atoms with Crippen LogP contribution in [0, 0.1) is 0 Å². The number of aromatic nitrogens is 2. The normalized spacial score (nSPS) is 9.93. The summed E-state index contributed by atoms with van der Waals surface area (Å²) in [6.45, 7) is 5.00. The SMILES string of the molecule is CCOc1cc(OCC)nc(CBr)n1. The van der Waals surface area contributed by atoms with Gasteiger partial charge in [-0.3, -0.25) is 0 Å². The molecule has 0 radical (unpaired) electrons. The van der Waals surface area contributed by atoms with Crippen molar-refractivity contribution in [1.82, 2.24) is 9.97 Å². The van der Waals surface area contributed by atoms with Gasteiger partial charge in [0.2, 0.25) is 11.8 Å². The number of ether oxygens (including phenoxy) is 2. The van der Waals surface area contributed by atoms with Crippen LogP contribution in [0.2, 0.25) is 0 Å². The van der Waals surface area contributed by atoms with E-state index < -0.39 is 0 Å². The van der Waals surface area contributed by atoms with Crippen molar-refractivity contribution >= 4 is 15.9 Å². The number of alkyl halides is 1. The second kappa shape index (κ2) is 5.80. The lowest BCUT2D eigenvalue weighted by Crippen LogP contribution is -2.02. The van der Waals surface area contributed by atoms with Crippen LogP contribution < -0.4 is 9.47 Å². The molecule has 78 valence electrons. The Labute approximate surface area is 91.8 Å². The van der Waals surface area contributed by atoms with Crippen LogP contribution in [0.5, 0.6) is 11.8 Å². The zero-order valence-corrected chi connectivity index (χ0v) is 9.87. The molecule has 0 saturated carbocycles. The summed E-state index contributed by atoms with van der Waals surface area (Å²) < 4.78 is 10.6. The summed E-state index contributed by atoms with van der Waals surface area (Å²) in [5.74, 6) is 1.78. The minimum atomic E-state index is 0.556. The molecule has 0 aliphatic rings. The van der Waals surface area contributed by atoms with Crippen LogP contribution >= 0.6 is 15.9 Å². The third kappa shape index (κ3) is 3.14. The predicted octanol–water partition coefficient (Wildman–Crippen LogP) is 2.17. The van der Waals surface area contributed by atoms with Crippen LogP contribution in [0.25, 0.3) is 0 Å². The minimum absolute atomic E-state index is 0.556. The molecule has 1 rings (SSSR count). The highest BCUT2D eigenvalue weighted by Gasteiger charge is 2.04. The number of nitrogens with zero attached hydrogens (tertiary/aromatic N) is 2. The van der Waals surface area contributed by atoms with Crippen LogP contribution in [0.3, 0.4) is 0 Å². The van der Waals surface area contributed by atoms with Gasteiger partial charge in [0.15, 0.2) is 0 Å². The lowest BCUT2D eigenvalue weighted by molar-refractivity contribution is 0.303. The quantitative estimate of drug-likeness (QED) is 0.762. The molecule has 1 heterocycles. The van der Waals surface area contributed by atoms with Crippen LogP contribution in [-0.4, -0.2) is 23.2 Å². The van der Waals surface area contributed by atoms with Gasteiger partial charge >= 0.3 is 0 Å². The molecule has 0 saturated heterocycles. The molecule has 1 aromatic rings. The lowest BCUT2D eigenvalue weighted by Gasteiger charge is -2.06. The molecule has 1 aromatic heterocycles. The van der Waals surface area contributed by atoms with Gasteiger partial charge in [-0.1, -0.05) is 15.9 Å². The summed E-state index contributed by atoms with van der Waals surface area (Å²) in [5, 5.41) is 0.591. The van der Waals surface area contributed by atoms with Gasteiger partial charge in [-0.25, -0.2) is 0 Å². The van der Waals surface area contributed by atoms with Gasteiger partial charge in [0.25, 0.3) is 0 Å². The van der Waals surface area contributed by atoms with Gasteiger partial charge in [-0.05, 0) is 13.8 Å². The second-order valence-corrected chi connectivity index (χ2v) is 3.02. The maximum atomic E-state index is 5.28. The fourth-order valence-corrected chi connectivity index (χ4v) is 1.20.